The number of halogens is 4. The number of hydrogen-bond donors (Lipinski definition) is 0. The van der Waals surface area contributed by atoms with Crippen molar-refractivity contribution in [1.82, 2.24) is 4.57 Å². The van der Waals surface area contributed by atoms with Crippen LogP contribution in [-0.2, 0) is 7.05 Å². The molecule has 1 rings (SSSR count). The molecule has 0 atom stereocenters. The van der Waals surface area contributed by atoms with E-state index < -0.39 is 12.7 Å². The van der Waals surface area contributed by atoms with Crippen LogP contribution in [-0.4, -0.2) is 17.3 Å². The zero-order valence-corrected chi connectivity index (χ0v) is 9.17. The van der Waals surface area contributed by atoms with Crippen LogP contribution in [0.15, 0.2) is 29.4 Å². The second kappa shape index (κ2) is 5.19. The van der Waals surface area contributed by atoms with Crippen LogP contribution >= 0.6 is 17.0 Å². The summed E-state index contributed by atoms with van der Waals surface area (Å²) < 4.78 is 36.8. The Balaban J connectivity index is 0.00000169. The largest absolute Gasteiger partial charge is 0.408 e. The molecule has 80 valence electrons. The maximum Gasteiger partial charge on any atom is 0.408 e. The molecule has 0 aliphatic heterocycles. The average Bonchev–Trinajstić information content (AvgIpc) is 2.01. The van der Waals surface area contributed by atoms with Gasteiger partial charge >= 0.3 is 6.18 Å². The van der Waals surface area contributed by atoms with Gasteiger partial charge in [0.25, 0.3) is 0 Å². The smallest absolute Gasteiger partial charge is 0.336 e. The Morgan fingerprint density at radius 2 is 2.00 bits per heavy atom. The van der Waals surface area contributed by atoms with Crippen molar-refractivity contribution in [3.63, 3.8) is 0 Å². The van der Waals surface area contributed by atoms with Gasteiger partial charge in [0.1, 0.15) is 12.0 Å². The molecule has 0 amide bonds. The molecule has 0 spiro atoms. The van der Waals surface area contributed by atoms with Crippen LogP contribution < -0.4 is 5.49 Å². The van der Waals surface area contributed by atoms with Gasteiger partial charge in [0.05, 0.1) is 0 Å². The molecule has 0 radical (unpaired) electrons. The van der Waals surface area contributed by atoms with E-state index in [2.05, 4.69) is 4.99 Å². The van der Waals surface area contributed by atoms with Gasteiger partial charge in [0.2, 0.25) is 0 Å². The lowest BCUT2D eigenvalue weighted by Crippen LogP contribution is -2.21. The summed E-state index contributed by atoms with van der Waals surface area (Å²) >= 11 is 0. The third-order valence-electron chi connectivity index (χ3n) is 1.45. The average molecular weight is 271 g/mol. The fourth-order valence-electron chi connectivity index (χ4n) is 0.849. The first-order valence-corrected chi connectivity index (χ1v) is 3.68. The second-order valence-corrected chi connectivity index (χ2v) is 2.60. The van der Waals surface area contributed by atoms with Crippen LogP contribution in [0.5, 0.6) is 0 Å². The van der Waals surface area contributed by atoms with Crippen molar-refractivity contribution in [3.8, 4) is 0 Å². The highest BCUT2D eigenvalue weighted by molar-refractivity contribution is 8.93. The van der Waals surface area contributed by atoms with Gasteiger partial charge in [-0.25, -0.2) is 0 Å². The Kier molecular flexibility index (Phi) is 4.90. The third kappa shape index (κ3) is 4.45. The normalized spacial score (nSPS) is 12.4. The number of nitrogens with zero attached hydrogens (tertiary/aromatic N) is 2. The SMILES string of the molecule is Br.Cn1ccccc1=NCC(F)(F)F. The van der Waals surface area contributed by atoms with Crippen molar-refractivity contribution in [1.29, 1.82) is 0 Å². The van der Waals surface area contributed by atoms with Gasteiger partial charge in [-0.2, -0.15) is 13.2 Å². The van der Waals surface area contributed by atoms with E-state index in [-0.39, 0.29) is 17.0 Å². The molecule has 1 aromatic rings. The van der Waals surface area contributed by atoms with Crippen molar-refractivity contribution < 1.29 is 13.2 Å². The molecular weight excluding hydrogens is 261 g/mol. The van der Waals surface area contributed by atoms with Gasteiger partial charge in [0.15, 0.2) is 0 Å². The van der Waals surface area contributed by atoms with E-state index in [1.54, 1.807) is 25.4 Å². The first-order valence-electron chi connectivity index (χ1n) is 3.68. The standard InChI is InChI=1S/C8H9F3N2.BrH/c1-13-5-3-2-4-7(13)12-6-8(9,10)11;/h2-5H,6H2,1H3;1H. The predicted molar refractivity (Wildman–Crippen MR) is 52.2 cm³/mol. The van der Waals surface area contributed by atoms with Crippen molar-refractivity contribution in [2.75, 3.05) is 6.54 Å². The first kappa shape index (κ1) is 13.2. The van der Waals surface area contributed by atoms with Gasteiger partial charge in [-0.15, -0.1) is 17.0 Å². The molecule has 0 fully saturated rings. The first-order chi connectivity index (χ1) is 5.99. The number of rotatable bonds is 1. The van der Waals surface area contributed by atoms with Gasteiger partial charge in [-0.1, -0.05) is 6.07 Å². The van der Waals surface area contributed by atoms with Crippen LogP contribution in [0.25, 0.3) is 0 Å². The molecule has 0 saturated heterocycles. The maximum absolute atomic E-state index is 11.8. The fourth-order valence-corrected chi connectivity index (χ4v) is 0.849. The van der Waals surface area contributed by atoms with Crippen LogP contribution in [0, 0.1) is 0 Å². The predicted octanol–water partition coefficient (Wildman–Crippen LogP) is 2.07. The fraction of sp³-hybridized carbons (Fsp3) is 0.375. The number of aromatic nitrogens is 1. The minimum Gasteiger partial charge on any atom is -0.336 e. The van der Waals surface area contributed by atoms with E-state index >= 15 is 0 Å². The minimum atomic E-state index is -4.23. The summed E-state index contributed by atoms with van der Waals surface area (Å²) in [5.41, 5.74) is 0.319. The molecule has 0 aromatic carbocycles. The van der Waals surface area contributed by atoms with E-state index in [4.69, 9.17) is 0 Å². The quantitative estimate of drug-likeness (QED) is 0.744. The molecule has 2 nitrogen and oxygen atoms in total. The molecule has 0 bridgehead atoms. The molecule has 0 saturated carbocycles. The Bertz CT molecular complexity index is 343. The summed E-state index contributed by atoms with van der Waals surface area (Å²) in [5.74, 6) is 0. The van der Waals surface area contributed by atoms with Crippen LogP contribution in [0.3, 0.4) is 0 Å². The monoisotopic (exact) mass is 270 g/mol. The van der Waals surface area contributed by atoms with E-state index in [1.165, 1.54) is 10.6 Å². The lowest BCUT2D eigenvalue weighted by Gasteiger charge is -2.02. The third-order valence-corrected chi connectivity index (χ3v) is 1.45. The molecule has 0 aliphatic carbocycles. The number of pyridine rings is 1. The highest BCUT2D eigenvalue weighted by Crippen LogP contribution is 2.13. The lowest BCUT2D eigenvalue weighted by atomic mass is 10.5. The molecule has 0 unspecified atom stereocenters. The molecule has 0 N–H and O–H groups in total. The lowest BCUT2D eigenvalue weighted by molar-refractivity contribution is -0.118. The van der Waals surface area contributed by atoms with E-state index in [0.29, 0.717) is 5.49 Å². The van der Waals surface area contributed by atoms with Gasteiger partial charge in [-0.05, 0) is 12.1 Å². The zero-order chi connectivity index (χ0) is 9.90. The van der Waals surface area contributed by atoms with Crippen LogP contribution in [0.1, 0.15) is 0 Å². The van der Waals surface area contributed by atoms with Gasteiger partial charge in [-0.3, -0.25) is 4.99 Å². The molecule has 0 aliphatic rings. The molecule has 1 heterocycles. The Hall–Kier alpha value is -0.780. The topological polar surface area (TPSA) is 17.3 Å². The summed E-state index contributed by atoms with van der Waals surface area (Å²) in [5, 5.41) is 0. The summed E-state index contributed by atoms with van der Waals surface area (Å²) in [6, 6.07) is 4.91. The number of alkyl halides is 3. The maximum atomic E-state index is 11.8. The summed E-state index contributed by atoms with van der Waals surface area (Å²) in [6.45, 7) is -1.13. The number of aryl methyl sites for hydroxylation is 1. The zero-order valence-electron chi connectivity index (χ0n) is 7.45. The highest BCUT2D eigenvalue weighted by atomic mass is 79.9. The van der Waals surface area contributed by atoms with Crippen molar-refractivity contribution >= 4 is 17.0 Å². The summed E-state index contributed by atoms with van der Waals surface area (Å²) in [4.78, 5) is 3.42. The van der Waals surface area contributed by atoms with Crippen LogP contribution in [0.4, 0.5) is 13.2 Å². The minimum absolute atomic E-state index is 0. The molecule has 14 heavy (non-hydrogen) atoms. The highest BCUT2D eigenvalue weighted by Gasteiger charge is 2.26. The van der Waals surface area contributed by atoms with Crippen molar-refractivity contribution in [2.24, 2.45) is 12.0 Å². The van der Waals surface area contributed by atoms with Crippen molar-refractivity contribution in [2.45, 2.75) is 6.18 Å². The number of hydrogen-bond acceptors (Lipinski definition) is 1. The van der Waals surface area contributed by atoms with Crippen LogP contribution in [0.2, 0.25) is 0 Å². The molecule has 1 aromatic heterocycles. The van der Waals surface area contributed by atoms with E-state index in [9.17, 15) is 13.2 Å². The second-order valence-electron chi connectivity index (χ2n) is 2.60. The Morgan fingerprint density at radius 1 is 1.36 bits per heavy atom. The molecular formula is C8H10BrF3N2. The Morgan fingerprint density at radius 3 is 2.50 bits per heavy atom. The van der Waals surface area contributed by atoms with Gasteiger partial charge in [0, 0.05) is 13.2 Å². The van der Waals surface area contributed by atoms with E-state index in [0.717, 1.165) is 0 Å². The van der Waals surface area contributed by atoms with Gasteiger partial charge < -0.3 is 4.57 Å². The summed E-state index contributed by atoms with van der Waals surface area (Å²) in [6.07, 6.45) is -2.59. The Labute approximate surface area is 89.9 Å². The van der Waals surface area contributed by atoms with E-state index in [1.807, 2.05) is 0 Å². The molecule has 6 heteroatoms. The summed E-state index contributed by atoms with van der Waals surface area (Å²) in [7, 11) is 1.65. The van der Waals surface area contributed by atoms with Crippen molar-refractivity contribution in [3.05, 3.63) is 29.9 Å².